The predicted molar refractivity (Wildman–Crippen MR) is 61.3 cm³/mol. The summed E-state index contributed by atoms with van der Waals surface area (Å²) < 4.78 is 0. The average molecular weight is 259 g/mol. The van der Waals surface area contributed by atoms with E-state index in [0.29, 0.717) is 0 Å². The zero-order chi connectivity index (χ0) is 14.3. The number of carboxylic acids is 1. The Bertz CT molecular complexity index is 355. The molecule has 0 aliphatic carbocycles. The highest BCUT2D eigenvalue weighted by Gasteiger charge is 2.23. The number of carboxylic acid groups (broad SMARTS) is 1. The van der Waals surface area contributed by atoms with Crippen LogP contribution in [0.5, 0.6) is 0 Å². The third kappa shape index (κ3) is 6.46. The monoisotopic (exact) mass is 259 g/mol. The van der Waals surface area contributed by atoms with Crippen LogP contribution in [0.2, 0.25) is 0 Å². The topological polar surface area (TPSA) is 139 Å². The SMILES string of the molecule is CC(=O)N[C@@H](CCC(=O)O)C(=O)N[C@@H](C)C(N)=O. The van der Waals surface area contributed by atoms with E-state index in [4.69, 9.17) is 10.8 Å². The maximum absolute atomic E-state index is 11.7. The number of nitrogens with one attached hydrogen (secondary N) is 2. The summed E-state index contributed by atoms with van der Waals surface area (Å²) in [6.45, 7) is 2.60. The molecule has 0 rings (SSSR count). The molecule has 0 heterocycles. The van der Waals surface area contributed by atoms with Gasteiger partial charge in [-0.2, -0.15) is 0 Å². The molecule has 0 radical (unpaired) electrons. The Morgan fingerprint density at radius 2 is 1.78 bits per heavy atom. The zero-order valence-electron chi connectivity index (χ0n) is 10.2. The first kappa shape index (κ1) is 15.9. The molecule has 0 aromatic rings. The lowest BCUT2D eigenvalue weighted by molar-refractivity contribution is -0.138. The van der Waals surface area contributed by atoms with Crippen molar-refractivity contribution in [3.05, 3.63) is 0 Å². The second-order valence-corrected chi connectivity index (χ2v) is 3.82. The molecular weight excluding hydrogens is 242 g/mol. The molecule has 0 unspecified atom stereocenters. The molecule has 0 spiro atoms. The van der Waals surface area contributed by atoms with Crippen LogP contribution in [0, 0.1) is 0 Å². The van der Waals surface area contributed by atoms with Crippen LogP contribution in [0.4, 0.5) is 0 Å². The van der Waals surface area contributed by atoms with E-state index < -0.39 is 35.8 Å². The van der Waals surface area contributed by atoms with Crippen molar-refractivity contribution in [2.24, 2.45) is 5.73 Å². The molecule has 0 saturated carbocycles. The molecule has 0 fully saturated rings. The number of hydrogen-bond acceptors (Lipinski definition) is 4. The highest BCUT2D eigenvalue weighted by atomic mass is 16.4. The average Bonchev–Trinajstić information content (AvgIpc) is 2.22. The van der Waals surface area contributed by atoms with E-state index in [-0.39, 0.29) is 12.8 Å². The van der Waals surface area contributed by atoms with Crippen LogP contribution in [0.15, 0.2) is 0 Å². The Morgan fingerprint density at radius 3 is 2.17 bits per heavy atom. The van der Waals surface area contributed by atoms with Gasteiger partial charge in [0.1, 0.15) is 12.1 Å². The van der Waals surface area contributed by atoms with Crippen LogP contribution < -0.4 is 16.4 Å². The normalized spacial score (nSPS) is 13.2. The Balaban J connectivity index is 4.53. The quantitative estimate of drug-likeness (QED) is 0.433. The number of hydrogen-bond donors (Lipinski definition) is 4. The summed E-state index contributed by atoms with van der Waals surface area (Å²) in [7, 11) is 0. The van der Waals surface area contributed by atoms with Gasteiger partial charge in [0.15, 0.2) is 0 Å². The molecule has 0 aromatic heterocycles. The minimum absolute atomic E-state index is 0.0633. The second kappa shape index (κ2) is 7.25. The van der Waals surface area contributed by atoms with E-state index in [1.165, 1.54) is 13.8 Å². The Kier molecular flexibility index (Phi) is 6.40. The lowest BCUT2D eigenvalue weighted by Gasteiger charge is -2.18. The van der Waals surface area contributed by atoms with Gasteiger partial charge in [-0.05, 0) is 13.3 Å². The van der Waals surface area contributed by atoms with E-state index >= 15 is 0 Å². The number of aliphatic carboxylic acids is 1. The molecule has 5 N–H and O–H groups in total. The fraction of sp³-hybridized carbons (Fsp3) is 0.600. The van der Waals surface area contributed by atoms with Crippen molar-refractivity contribution in [2.75, 3.05) is 0 Å². The van der Waals surface area contributed by atoms with Gasteiger partial charge in [0.25, 0.3) is 0 Å². The van der Waals surface area contributed by atoms with Crippen molar-refractivity contribution in [1.29, 1.82) is 0 Å². The third-order valence-corrected chi connectivity index (χ3v) is 2.13. The van der Waals surface area contributed by atoms with Crippen molar-refractivity contribution in [3.63, 3.8) is 0 Å². The molecule has 2 atom stereocenters. The summed E-state index contributed by atoms with van der Waals surface area (Å²) in [5, 5.41) is 13.1. The number of nitrogens with two attached hydrogens (primary N) is 1. The molecule has 18 heavy (non-hydrogen) atoms. The first-order valence-corrected chi connectivity index (χ1v) is 5.32. The van der Waals surface area contributed by atoms with Gasteiger partial charge in [0.05, 0.1) is 0 Å². The molecule has 102 valence electrons. The standard InChI is InChI=1S/C10H17N3O5/c1-5(9(11)17)12-10(18)7(13-6(2)14)3-4-8(15)16/h5,7H,3-4H2,1-2H3,(H2,11,17)(H,12,18)(H,13,14)(H,15,16)/t5-,7-/m0/s1. The third-order valence-electron chi connectivity index (χ3n) is 2.13. The van der Waals surface area contributed by atoms with E-state index in [0.717, 1.165) is 0 Å². The molecular formula is C10H17N3O5. The van der Waals surface area contributed by atoms with Crippen LogP contribution in [-0.4, -0.2) is 40.9 Å². The van der Waals surface area contributed by atoms with Gasteiger partial charge in [-0.3, -0.25) is 19.2 Å². The highest BCUT2D eigenvalue weighted by molar-refractivity contribution is 5.91. The number of rotatable bonds is 7. The van der Waals surface area contributed by atoms with Crippen molar-refractivity contribution >= 4 is 23.7 Å². The highest BCUT2D eigenvalue weighted by Crippen LogP contribution is 1.99. The maximum Gasteiger partial charge on any atom is 0.303 e. The largest absolute Gasteiger partial charge is 0.481 e. The fourth-order valence-electron chi connectivity index (χ4n) is 1.17. The fourth-order valence-corrected chi connectivity index (χ4v) is 1.17. The summed E-state index contributed by atoms with van der Waals surface area (Å²) in [5.74, 6) is -2.91. The van der Waals surface area contributed by atoms with Gasteiger partial charge in [-0.15, -0.1) is 0 Å². The molecule has 0 bridgehead atoms. The molecule has 0 aromatic carbocycles. The molecule has 8 nitrogen and oxygen atoms in total. The van der Waals surface area contributed by atoms with Crippen molar-refractivity contribution in [1.82, 2.24) is 10.6 Å². The minimum atomic E-state index is -1.08. The van der Waals surface area contributed by atoms with Crippen LogP contribution in [-0.2, 0) is 19.2 Å². The van der Waals surface area contributed by atoms with Crippen LogP contribution in [0.25, 0.3) is 0 Å². The van der Waals surface area contributed by atoms with Crippen LogP contribution >= 0.6 is 0 Å². The van der Waals surface area contributed by atoms with Gasteiger partial charge in [-0.1, -0.05) is 0 Å². The minimum Gasteiger partial charge on any atom is -0.481 e. The smallest absolute Gasteiger partial charge is 0.303 e. The van der Waals surface area contributed by atoms with E-state index in [2.05, 4.69) is 10.6 Å². The maximum atomic E-state index is 11.7. The van der Waals surface area contributed by atoms with Gasteiger partial charge in [0, 0.05) is 13.3 Å². The van der Waals surface area contributed by atoms with Crippen molar-refractivity contribution in [3.8, 4) is 0 Å². The molecule has 0 aliphatic rings. The zero-order valence-corrected chi connectivity index (χ0v) is 10.2. The van der Waals surface area contributed by atoms with Gasteiger partial charge >= 0.3 is 5.97 Å². The van der Waals surface area contributed by atoms with Gasteiger partial charge in [0.2, 0.25) is 17.7 Å². The Labute approximate surface area is 104 Å². The van der Waals surface area contributed by atoms with E-state index in [9.17, 15) is 19.2 Å². The van der Waals surface area contributed by atoms with E-state index in [1.807, 2.05) is 0 Å². The number of primary amides is 1. The summed E-state index contributed by atoms with van der Waals surface area (Å²) in [5.41, 5.74) is 4.97. The number of carbonyl (C=O) groups is 4. The second-order valence-electron chi connectivity index (χ2n) is 3.82. The Morgan fingerprint density at radius 1 is 1.22 bits per heavy atom. The summed E-state index contributed by atoms with van der Waals surface area (Å²) in [6.07, 6.45) is -0.338. The van der Waals surface area contributed by atoms with Crippen molar-refractivity contribution < 1.29 is 24.3 Å². The first-order chi connectivity index (χ1) is 8.23. The van der Waals surface area contributed by atoms with Gasteiger partial charge < -0.3 is 21.5 Å². The first-order valence-electron chi connectivity index (χ1n) is 5.32. The lowest BCUT2D eigenvalue weighted by Crippen LogP contribution is -2.51. The number of carbonyl (C=O) groups excluding carboxylic acids is 3. The summed E-state index contributed by atoms with van der Waals surface area (Å²) in [6, 6.07) is -1.89. The van der Waals surface area contributed by atoms with Crippen LogP contribution in [0.3, 0.4) is 0 Å². The lowest BCUT2D eigenvalue weighted by atomic mass is 10.1. The van der Waals surface area contributed by atoms with Crippen LogP contribution in [0.1, 0.15) is 26.7 Å². The van der Waals surface area contributed by atoms with Gasteiger partial charge in [-0.25, -0.2) is 0 Å². The Hall–Kier alpha value is -2.12. The predicted octanol–water partition coefficient (Wildman–Crippen LogP) is -1.65. The van der Waals surface area contributed by atoms with E-state index in [1.54, 1.807) is 0 Å². The summed E-state index contributed by atoms with van der Waals surface area (Å²) >= 11 is 0. The molecule has 3 amide bonds. The van der Waals surface area contributed by atoms with Crippen molar-refractivity contribution in [2.45, 2.75) is 38.8 Å². The molecule has 0 saturated heterocycles. The summed E-state index contributed by atoms with van der Waals surface area (Å²) in [4.78, 5) is 43.8. The molecule has 8 heteroatoms. The number of amides is 3. The molecule has 0 aliphatic heterocycles.